The number of carbonyl (C=O) groups is 3. The molecule has 1 aromatic rings. The van der Waals surface area contributed by atoms with Crippen molar-refractivity contribution in [1.29, 1.82) is 0 Å². The van der Waals surface area contributed by atoms with Gasteiger partial charge in [0.25, 0.3) is 0 Å². The van der Waals surface area contributed by atoms with Gasteiger partial charge in [-0.25, -0.2) is 4.79 Å². The van der Waals surface area contributed by atoms with Crippen molar-refractivity contribution in [2.45, 2.75) is 33.7 Å². The van der Waals surface area contributed by atoms with Crippen LogP contribution >= 0.6 is 0 Å². The third kappa shape index (κ3) is 6.10. The summed E-state index contributed by atoms with van der Waals surface area (Å²) >= 11 is 0. The number of nitrogens with zero attached hydrogens (tertiary/aromatic N) is 1. The molecule has 1 aromatic carbocycles. The van der Waals surface area contributed by atoms with Crippen molar-refractivity contribution in [2.24, 2.45) is 5.41 Å². The lowest BCUT2D eigenvalue weighted by Gasteiger charge is -2.20. The highest BCUT2D eigenvalue weighted by Crippen LogP contribution is 2.12. The monoisotopic (exact) mass is 320 g/mol. The van der Waals surface area contributed by atoms with Gasteiger partial charge < -0.3 is 15.3 Å². The second kappa shape index (κ2) is 7.76. The first-order valence-electron chi connectivity index (χ1n) is 7.46. The van der Waals surface area contributed by atoms with Crippen LogP contribution in [0.4, 0.5) is 0 Å². The Morgan fingerprint density at radius 1 is 1.13 bits per heavy atom. The third-order valence-corrected chi connectivity index (χ3v) is 3.35. The normalized spacial score (nSPS) is 11.0. The zero-order chi connectivity index (χ0) is 17.6. The molecule has 6 heteroatoms. The standard InChI is InChI=1S/C17H24N2O4/c1-17(2,3)16(23)18-10-9-14(20)19(4)11-12-5-7-13(8-6-12)15(21)22/h5-8H,9-11H2,1-4H3,(H,18,23)(H,21,22). The smallest absolute Gasteiger partial charge is 0.335 e. The second-order valence-corrected chi connectivity index (χ2v) is 6.51. The van der Waals surface area contributed by atoms with Crippen LogP contribution in [-0.4, -0.2) is 41.4 Å². The first-order valence-corrected chi connectivity index (χ1v) is 7.46. The van der Waals surface area contributed by atoms with E-state index in [2.05, 4.69) is 5.32 Å². The predicted molar refractivity (Wildman–Crippen MR) is 87.0 cm³/mol. The molecule has 0 fully saturated rings. The Morgan fingerprint density at radius 2 is 1.70 bits per heavy atom. The van der Waals surface area contributed by atoms with Crippen molar-refractivity contribution in [1.82, 2.24) is 10.2 Å². The number of aromatic carboxylic acids is 1. The predicted octanol–water partition coefficient (Wildman–Crippen LogP) is 1.90. The molecular weight excluding hydrogens is 296 g/mol. The molecule has 0 aliphatic rings. The highest BCUT2D eigenvalue weighted by atomic mass is 16.4. The molecule has 0 radical (unpaired) electrons. The Labute approximate surface area is 136 Å². The minimum atomic E-state index is -0.976. The fourth-order valence-corrected chi connectivity index (χ4v) is 1.85. The van der Waals surface area contributed by atoms with Gasteiger partial charge >= 0.3 is 5.97 Å². The van der Waals surface area contributed by atoms with Gasteiger partial charge in [0.15, 0.2) is 0 Å². The number of hydrogen-bond acceptors (Lipinski definition) is 3. The van der Waals surface area contributed by atoms with Gasteiger partial charge in [0.05, 0.1) is 5.56 Å². The van der Waals surface area contributed by atoms with E-state index in [0.29, 0.717) is 13.1 Å². The van der Waals surface area contributed by atoms with E-state index >= 15 is 0 Å². The number of carbonyl (C=O) groups excluding carboxylic acids is 2. The van der Waals surface area contributed by atoms with E-state index in [1.165, 1.54) is 12.1 Å². The molecule has 2 N–H and O–H groups in total. The Hall–Kier alpha value is -2.37. The summed E-state index contributed by atoms with van der Waals surface area (Å²) in [5, 5.41) is 11.6. The van der Waals surface area contributed by atoms with Gasteiger partial charge in [0, 0.05) is 32.0 Å². The lowest BCUT2D eigenvalue weighted by molar-refractivity contribution is -0.131. The van der Waals surface area contributed by atoms with E-state index in [-0.39, 0.29) is 23.8 Å². The van der Waals surface area contributed by atoms with Crippen LogP contribution in [0, 0.1) is 5.41 Å². The number of nitrogens with one attached hydrogen (secondary N) is 1. The number of carboxylic acid groups (broad SMARTS) is 1. The summed E-state index contributed by atoms with van der Waals surface area (Å²) in [5.74, 6) is -1.14. The molecule has 0 bridgehead atoms. The van der Waals surface area contributed by atoms with Crippen LogP contribution < -0.4 is 5.32 Å². The highest BCUT2D eigenvalue weighted by Gasteiger charge is 2.21. The summed E-state index contributed by atoms with van der Waals surface area (Å²) in [6.07, 6.45) is 0.228. The van der Waals surface area contributed by atoms with E-state index in [1.807, 2.05) is 20.8 Å². The summed E-state index contributed by atoms with van der Waals surface area (Å²) in [5.41, 5.74) is 0.595. The van der Waals surface area contributed by atoms with Gasteiger partial charge in [0.1, 0.15) is 0 Å². The zero-order valence-electron chi connectivity index (χ0n) is 14.0. The van der Waals surface area contributed by atoms with Crippen LogP contribution in [0.1, 0.15) is 43.1 Å². The molecule has 0 saturated heterocycles. The van der Waals surface area contributed by atoms with Crippen molar-refractivity contribution in [3.8, 4) is 0 Å². The number of carboxylic acids is 1. The van der Waals surface area contributed by atoms with Crippen molar-refractivity contribution in [3.63, 3.8) is 0 Å². The maximum absolute atomic E-state index is 12.0. The van der Waals surface area contributed by atoms with Crippen LogP contribution in [0.5, 0.6) is 0 Å². The number of rotatable bonds is 6. The lowest BCUT2D eigenvalue weighted by Crippen LogP contribution is -2.37. The Balaban J connectivity index is 2.45. The van der Waals surface area contributed by atoms with E-state index < -0.39 is 11.4 Å². The minimum Gasteiger partial charge on any atom is -0.478 e. The van der Waals surface area contributed by atoms with E-state index in [9.17, 15) is 14.4 Å². The summed E-state index contributed by atoms with van der Waals surface area (Å²) < 4.78 is 0. The third-order valence-electron chi connectivity index (χ3n) is 3.35. The molecule has 0 heterocycles. The van der Waals surface area contributed by atoms with E-state index in [0.717, 1.165) is 5.56 Å². The first-order chi connectivity index (χ1) is 10.6. The number of amides is 2. The summed E-state index contributed by atoms with van der Waals surface area (Å²) in [6, 6.07) is 6.41. The van der Waals surface area contributed by atoms with Crippen LogP contribution in [0.15, 0.2) is 24.3 Å². The van der Waals surface area contributed by atoms with Crippen molar-refractivity contribution in [2.75, 3.05) is 13.6 Å². The first kappa shape index (κ1) is 18.7. The second-order valence-electron chi connectivity index (χ2n) is 6.51. The van der Waals surface area contributed by atoms with Crippen molar-refractivity contribution >= 4 is 17.8 Å². The zero-order valence-corrected chi connectivity index (χ0v) is 14.0. The summed E-state index contributed by atoms with van der Waals surface area (Å²) in [7, 11) is 1.68. The Morgan fingerprint density at radius 3 is 2.17 bits per heavy atom. The van der Waals surface area contributed by atoms with Gasteiger partial charge in [-0.05, 0) is 17.7 Å². The molecular formula is C17H24N2O4. The molecule has 0 aromatic heterocycles. The van der Waals surface area contributed by atoms with Crippen LogP contribution in [-0.2, 0) is 16.1 Å². The molecule has 0 unspecified atom stereocenters. The average Bonchev–Trinajstić information content (AvgIpc) is 2.46. The summed E-state index contributed by atoms with van der Waals surface area (Å²) in [6.45, 7) is 6.15. The van der Waals surface area contributed by atoms with Gasteiger partial charge in [0.2, 0.25) is 11.8 Å². The average molecular weight is 320 g/mol. The SMILES string of the molecule is CN(Cc1ccc(C(=O)O)cc1)C(=O)CCNC(=O)C(C)(C)C. The molecule has 0 aliphatic carbocycles. The Bertz CT molecular complexity index is 573. The molecule has 0 spiro atoms. The Kier molecular flexibility index (Phi) is 6.30. The quantitative estimate of drug-likeness (QED) is 0.838. The van der Waals surface area contributed by atoms with E-state index in [4.69, 9.17) is 5.11 Å². The van der Waals surface area contributed by atoms with Crippen molar-refractivity contribution < 1.29 is 19.5 Å². The maximum Gasteiger partial charge on any atom is 0.335 e. The van der Waals surface area contributed by atoms with Crippen LogP contribution in [0.3, 0.4) is 0 Å². The van der Waals surface area contributed by atoms with Crippen LogP contribution in [0.2, 0.25) is 0 Å². The fraction of sp³-hybridized carbons (Fsp3) is 0.471. The minimum absolute atomic E-state index is 0.0819. The molecule has 0 saturated carbocycles. The van der Waals surface area contributed by atoms with Crippen LogP contribution in [0.25, 0.3) is 0 Å². The maximum atomic E-state index is 12.0. The molecule has 2 amide bonds. The van der Waals surface area contributed by atoms with Gasteiger partial charge in [-0.3, -0.25) is 9.59 Å². The van der Waals surface area contributed by atoms with Gasteiger partial charge in [-0.1, -0.05) is 32.9 Å². The summed E-state index contributed by atoms with van der Waals surface area (Å²) in [4.78, 5) is 36.1. The topological polar surface area (TPSA) is 86.7 Å². The number of benzene rings is 1. The molecule has 0 atom stereocenters. The molecule has 6 nitrogen and oxygen atoms in total. The molecule has 126 valence electrons. The van der Waals surface area contributed by atoms with Gasteiger partial charge in [-0.15, -0.1) is 0 Å². The molecule has 1 rings (SSSR count). The molecule has 23 heavy (non-hydrogen) atoms. The lowest BCUT2D eigenvalue weighted by atomic mass is 9.96. The van der Waals surface area contributed by atoms with Crippen molar-refractivity contribution in [3.05, 3.63) is 35.4 Å². The highest BCUT2D eigenvalue weighted by molar-refractivity contribution is 5.87. The van der Waals surface area contributed by atoms with Gasteiger partial charge in [-0.2, -0.15) is 0 Å². The fourth-order valence-electron chi connectivity index (χ4n) is 1.85. The van der Waals surface area contributed by atoms with E-state index in [1.54, 1.807) is 24.1 Å². The molecule has 0 aliphatic heterocycles. The number of hydrogen-bond donors (Lipinski definition) is 2. The largest absolute Gasteiger partial charge is 0.478 e.